The zero-order chi connectivity index (χ0) is 11.4. The predicted octanol–water partition coefficient (Wildman–Crippen LogP) is 1.51. The first-order chi connectivity index (χ1) is 7.81. The summed E-state index contributed by atoms with van der Waals surface area (Å²) in [6, 6.07) is 3.77. The molecule has 1 aromatic rings. The van der Waals surface area contributed by atoms with E-state index < -0.39 is 0 Å². The Balaban J connectivity index is 1.94. The molecular formula is C12H16N2O2. The molecule has 0 bridgehead atoms. The number of hydrogen-bond donors (Lipinski definition) is 1. The third kappa shape index (κ3) is 2.72. The van der Waals surface area contributed by atoms with Gasteiger partial charge in [-0.05, 0) is 25.8 Å². The van der Waals surface area contributed by atoms with Gasteiger partial charge in [0.15, 0.2) is 0 Å². The summed E-state index contributed by atoms with van der Waals surface area (Å²) in [5.74, 6) is 1.000. The minimum atomic E-state index is 0.145. The number of nitrogens with one attached hydrogen (secondary N) is 1. The fourth-order valence-corrected chi connectivity index (χ4v) is 1.50. The van der Waals surface area contributed by atoms with Crippen LogP contribution in [0.4, 0.5) is 0 Å². The molecule has 0 radical (unpaired) electrons. The van der Waals surface area contributed by atoms with E-state index in [1.54, 1.807) is 6.20 Å². The van der Waals surface area contributed by atoms with Gasteiger partial charge in [0.2, 0.25) is 11.8 Å². The van der Waals surface area contributed by atoms with Crippen molar-refractivity contribution in [3.8, 4) is 5.88 Å². The quantitative estimate of drug-likeness (QED) is 0.818. The van der Waals surface area contributed by atoms with Gasteiger partial charge in [-0.2, -0.15) is 0 Å². The number of pyridine rings is 1. The Morgan fingerprint density at radius 2 is 2.44 bits per heavy atom. The number of carbonyl (C=O) groups is 1. The van der Waals surface area contributed by atoms with Crippen molar-refractivity contribution >= 4 is 5.91 Å². The minimum absolute atomic E-state index is 0.145. The highest BCUT2D eigenvalue weighted by molar-refractivity contribution is 5.80. The number of rotatable bonds is 5. The van der Waals surface area contributed by atoms with Gasteiger partial charge in [0, 0.05) is 24.2 Å². The number of aromatic nitrogens is 1. The van der Waals surface area contributed by atoms with Gasteiger partial charge in [0.05, 0.1) is 6.61 Å². The predicted molar refractivity (Wildman–Crippen MR) is 60.0 cm³/mol. The first-order valence-corrected chi connectivity index (χ1v) is 5.65. The molecule has 4 nitrogen and oxygen atoms in total. The molecule has 0 saturated heterocycles. The molecule has 86 valence electrons. The van der Waals surface area contributed by atoms with Crippen LogP contribution in [0.15, 0.2) is 18.3 Å². The molecule has 4 heteroatoms. The van der Waals surface area contributed by atoms with Crippen molar-refractivity contribution in [1.82, 2.24) is 10.3 Å². The molecule has 1 N–H and O–H groups in total. The van der Waals surface area contributed by atoms with Crippen LogP contribution in [0.1, 0.15) is 25.3 Å². The molecular weight excluding hydrogens is 204 g/mol. The number of carbonyl (C=O) groups excluding carboxylic acids is 1. The number of nitrogens with zero attached hydrogens (tertiary/aromatic N) is 1. The molecule has 0 aromatic carbocycles. The van der Waals surface area contributed by atoms with Crippen molar-refractivity contribution in [2.45, 2.75) is 26.3 Å². The molecule has 16 heavy (non-hydrogen) atoms. The van der Waals surface area contributed by atoms with E-state index in [9.17, 15) is 4.79 Å². The Labute approximate surface area is 95.0 Å². The molecule has 1 aromatic heterocycles. The van der Waals surface area contributed by atoms with Crippen LogP contribution in [0.2, 0.25) is 0 Å². The van der Waals surface area contributed by atoms with Crippen molar-refractivity contribution < 1.29 is 9.53 Å². The largest absolute Gasteiger partial charge is 0.478 e. The third-order valence-electron chi connectivity index (χ3n) is 2.53. The van der Waals surface area contributed by atoms with E-state index in [2.05, 4.69) is 10.3 Å². The van der Waals surface area contributed by atoms with Crippen molar-refractivity contribution in [2.75, 3.05) is 6.61 Å². The molecule has 1 aliphatic rings. The lowest BCUT2D eigenvalue weighted by atomic mass is 10.2. The van der Waals surface area contributed by atoms with Crippen molar-refractivity contribution in [3.63, 3.8) is 0 Å². The first kappa shape index (κ1) is 10.9. The summed E-state index contributed by atoms with van der Waals surface area (Å²) in [6.45, 7) is 3.00. The normalized spacial score (nSPS) is 14.6. The summed E-state index contributed by atoms with van der Waals surface area (Å²) in [7, 11) is 0. The second-order valence-electron chi connectivity index (χ2n) is 3.89. The topological polar surface area (TPSA) is 51.2 Å². The van der Waals surface area contributed by atoms with Gasteiger partial charge >= 0.3 is 0 Å². The van der Waals surface area contributed by atoms with Gasteiger partial charge in [-0.1, -0.05) is 6.07 Å². The van der Waals surface area contributed by atoms with E-state index in [-0.39, 0.29) is 11.8 Å². The first-order valence-electron chi connectivity index (χ1n) is 5.65. The number of amides is 1. The maximum Gasteiger partial charge on any atom is 0.223 e. The summed E-state index contributed by atoms with van der Waals surface area (Å²) in [6.07, 6.45) is 3.74. The van der Waals surface area contributed by atoms with E-state index in [1.807, 2.05) is 19.1 Å². The lowest BCUT2D eigenvalue weighted by Gasteiger charge is -2.09. The van der Waals surface area contributed by atoms with E-state index in [0.717, 1.165) is 18.4 Å². The van der Waals surface area contributed by atoms with Gasteiger partial charge in [0.25, 0.3) is 0 Å². The molecule has 0 atom stereocenters. The third-order valence-corrected chi connectivity index (χ3v) is 2.53. The molecule has 1 aliphatic carbocycles. The van der Waals surface area contributed by atoms with Crippen LogP contribution in [0.25, 0.3) is 0 Å². The highest BCUT2D eigenvalue weighted by Crippen LogP contribution is 2.29. The summed E-state index contributed by atoms with van der Waals surface area (Å²) >= 11 is 0. The zero-order valence-corrected chi connectivity index (χ0v) is 9.40. The molecule has 0 spiro atoms. The van der Waals surface area contributed by atoms with Crippen molar-refractivity contribution in [1.29, 1.82) is 0 Å². The summed E-state index contributed by atoms with van der Waals surface area (Å²) in [4.78, 5) is 15.6. The van der Waals surface area contributed by atoms with E-state index >= 15 is 0 Å². The van der Waals surface area contributed by atoms with Gasteiger partial charge in [-0.3, -0.25) is 4.79 Å². The molecule has 1 fully saturated rings. The van der Waals surface area contributed by atoms with Crippen LogP contribution < -0.4 is 10.1 Å². The Bertz CT molecular complexity index is 375. The summed E-state index contributed by atoms with van der Waals surface area (Å²) < 4.78 is 5.38. The maximum atomic E-state index is 11.5. The maximum absolute atomic E-state index is 11.5. The van der Waals surface area contributed by atoms with Gasteiger partial charge in [0.1, 0.15) is 0 Å². The van der Waals surface area contributed by atoms with Crippen molar-refractivity contribution in [2.24, 2.45) is 5.92 Å². The minimum Gasteiger partial charge on any atom is -0.478 e. The SMILES string of the molecule is CCOc1ncccc1CNC(=O)C1CC1. The number of hydrogen-bond acceptors (Lipinski definition) is 3. The second kappa shape index (κ2) is 4.96. The average Bonchev–Trinajstić information content (AvgIpc) is 3.12. The highest BCUT2D eigenvalue weighted by Gasteiger charge is 2.29. The number of ether oxygens (including phenoxy) is 1. The fraction of sp³-hybridized carbons (Fsp3) is 0.500. The summed E-state index contributed by atoms with van der Waals surface area (Å²) in [5.41, 5.74) is 0.929. The monoisotopic (exact) mass is 220 g/mol. The highest BCUT2D eigenvalue weighted by atomic mass is 16.5. The van der Waals surface area contributed by atoms with Gasteiger partial charge in [-0.15, -0.1) is 0 Å². The van der Waals surface area contributed by atoms with Crippen LogP contribution in [-0.2, 0) is 11.3 Å². The molecule has 2 rings (SSSR count). The fourth-order valence-electron chi connectivity index (χ4n) is 1.50. The van der Waals surface area contributed by atoms with E-state index in [0.29, 0.717) is 19.0 Å². The van der Waals surface area contributed by atoms with Crippen LogP contribution in [-0.4, -0.2) is 17.5 Å². The lowest BCUT2D eigenvalue weighted by molar-refractivity contribution is -0.122. The van der Waals surface area contributed by atoms with Gasteiger partial charge in [-0.25, -0.2) is 4.98 Å². The smallest absolute Gasteiger partial charge is 0.223 e. The lowest BCUT2D eigenvalue weighted by Crippen LogP contribution is -2.24. The Morgan fingerprint density at radius 1 is 1.62 bits per heavy atom. The average molecular weight is 220 g/mol. The Kier molecular flexibility index (Phi) is 3.39. The summed E-state index contributed by atoms with van der Waals surface area (Å²) in [5, 5.41) is 2.90. The standard InChI is InChI=1S/C12H16N2O2/c1-2-16-12-10(4-3-7-13-12)8-14-11(15)9-5-6-9/h3-4,7,9H,2,5-6,8H2,1H3,(H,14,15). The van der Waals surface area contributed by atoms with Crippen LogP contribution in [0, 0.1) is 5.92 Å². The molecule has 1 heterocycles. The van der Waals surface area contributed by atoms with Crippen molar-refractivity contribution in [3.05, 3.63) is 23.9 Å². The molecule has 1 amide bonds. The van der Waals surface area contributed by atoms with Crippen LogP contribution in [0.3, 0.4) is 0 Å². The molecule has 0 aliphatic heterocycles. The zero-order valence-electron chi connectivity index (χ0n) is 9.40. The Hall–Kier alpha value is -1.58. The second-order valence-corrected chi connectivity index (χ2v) is 3.89. The van der Waals surface area contributed by atoms with E-state index in [1.165, 1.54) is 0 Å². The van der Waals surface area contributed by atoms with E-state index in [4.69, 9.17) is 4.74 Å². The molecule has 1 saturated carbocycles. The van der Waals surface area contributed by atoms with Gasteiger partial charge < -0.3 is 10.1 Å². The molecule has 0 unspecified atom stereocenters. The Morgan fingerprint density at radius 3 is 3.12 bits per heavy atom. The van der Waals surface area contributed by atoms with Crippen LogP contribution >= 0.6 is 0 Å². The van der Waals surface area contributed by atoms with Crippen LogP contribution in [0.5, 0.6) is 5.88 Å².